The number of hydrogen-bond acceptors (Lipinski definition) is 3. The van der Waals surface area contributed by atoms with Crippen LogP contribution in [0.3, 0.4) is 0 Å². The molecule has 4 nitrogen and oxygen atoms in total. The number of allylic oxidation sites excluding steroid dienone is 1. The Labute approximate surface area is 117 Å². The summed E-state index contributed by atoms with van der Waals surface area (Å²) in [5, 5.41) is 1.08. The number of rotatable bonds is 3. The fraction of sp³-hybridized carbons (Fsp3) is 0.125. The quantitative estimate of drug-likeness (QED) is 0.739. The SMILES string of the molecule is C=CCn1c(C)nc(-c2ccc3ncccc3c2)c1N. The predicted octanol–water partition coefficient (Wildman–Crippen LogP) is 3.17. The van der Waals surface area contributed by atoms with E-state index in [1.54, 1.807) is 6.20 Å². The highest BCUT2D eigenvalue weighted by Gasteiger charge is 2.13. The smallest absolute Gasteiger partial charge is 0.132 e. The van der Waals surface area contributed by atoms with Gasteiger partial charge < -0.3 is 10.3 Å². The van der Waals surface area contributed by atoms with E-state index in [0.29, 0.717) is 12.4 Å². The Bertz CT molecular complexity index is 786. The molecule has 0 spiro atoms. The highest BCUT2D eigenvalue weighted by atomic mass is 15.1. The molecule has 0 aliphatic heterocycles. The topological polar surface area (TPSA) is 56.7 Å². The minimum absolute atomic E-state index is 0.666. The van der Waals surface area contributed by atoms with E-state index in [4.69, 9.17) is 5.73 Å². The number of nitrogens with zero attached hydrogens (tertiary/aromatic N) is 3. The summed E-state index contributed by atoms with van der Waals surface area (Å²) in [6, 6.07) is 10.0. The summed E-state index contributed by atoms with van der Waals surface area (Å²) < 4.78 is 1.95. The molecule has 0 aliphatic rings. The number of aryl methyl sites for hydroxylation is 1. The van der Waals surface area contributed by atoms with Gasteiger partial charge in [0.25, 0.3) is 0 Å². The first-order valence-corrected chi connectivity index (χ1v) is 6.49. The third-order valence-corrected chi connectivity index (χ3v) is 3.39. The van der Waals surface area contributed by atoms with Crippen LogP contribution in [0.2, 0.25) is 0 Å². The number of anilines is 1. The van der Waals surface area contributed by atoms with Crippen LogP contribution in [0.15, 0.2) is 49.2 Å². The van der Waals surface area contributed by atoms with Crippen molar-refractivity contribution in [1.29, 1.82) is 0 Å². The van der Waals surface area contributed by atoms with Crippen LogP contribution in [0.25, 0.3) is 22.2 Å². The summed E-state index contributed by atoms with van der Waals surface area (Å²) in [5.41, 5.74) is 9.00. The molecular formula is C16H16N4. The van der Waals surface area contributed by atoms with Crippen LogP contribution >= 0.6 is 0 Å². The number of nitrogen functional groups attached to an aromatic ring is 1. The van der Waals surface area contributed by atoms with Gasteiger partial charge in [0.15, 0.2) is 0 Å². The summed E-state index contributed by atoms with van der Waals surface area (Å²) in [6.07, 6.45) is 3.61. The van der Waals surface area contributed by atoms with Crippen molar-refractivity contribution >= 4 is 16.7 Å². The van der Waals surface area contributed by atoms with E-state index >= 15 is 0 Å². The summed E-state index contributed by atoms with van der Waals surface area (Å²) in [5.74, 6) is 1.56. The zero-order valence-corrected chi connectivity index (χ0v) is 11.4. The molecule has 0 unspecified atom stereocenters. The second-order valence-corrected chi connectivity index (χ2v) is 4.70. The third-order valence-electron chi connectivity index (χ3n) is 3.39. The molecule has 2 heterocycles. The Hall–Kier alpha value is -2.62. The molecule has 0 saturated heterocycles. The summed E-state index contributed by atoms with van der Waals surface area (Å²) in [4.78, 5) is 8.90. The molecule has 0 radical (unpaired) electrons. The monoisotopic (exact) mass is 264 g/mol. The highest BCUT2D eigenvalue weighted by Crippen LogP contribution is 2.28. The number of fused-ring (bicyclic) bond motifs is 1. The number of pyridine rings is 1. The van der Waals surface area contributed by atoms with E-state index in [1.807, 2.05) is 41.8 Å². The van der Waals surface area contributed by atoms with Crippen molar-refractivity contribution in [1.82, 2.24) is 14.5 Å². The van der Waals surface area contributed by atoms with Crippen LogP contribution in [0.4, 0.5) is 5.82 Å². The van der Waals surface area contributed by atoms with Gasteiger partial charge in [0.2, 0.25) is 0 Å². The zero-order chi connectivity index (χ0) is 14.1. The number of aromatic nitrogens is 3. The van der Waals surface area contributed by atoms with Crippen LogP contribution in [0.5, 0.6) is 0 Å². The first-order chi connectivity index (χ1) is 9.70. The average molecular weight is 264 g/mol. The maximum absolute atomic E-state index is 6.20. The lowest BCUT2D eigenvalue weighted by Crippen LogP contribution is -2.03. The van der Waals surface area contributed by atoms with Gasteiger partial charge in [-0.2, -0.15) is 0 Å². The van der Waals surface area contributed by atoms with Gasteiger partial charge in [-0.05, 0) is 25.1 Å². The minimum Gasteiger partial charge on any atom is -0.383 e. The van der Waals surface area contributed by atoms with Crippen LogP contribution < -0.4 is 5.73 Å². The van der Waals surface area contributed by atoms with E-state index in [0.717, 1.165) is 28.0 Å². The van der Waals surface area contributed by atoms with Crippen LogP contribution in [0.1, 0.15) is 5.82 Å². The number of nitrogens with two attached hydrogens (primary N) is 1. The Morgan fingerprint density at radius 3 is 3.00 bits per heavy atom. The Kier molecular flexibility index (Phi) is 2.99. The van der Waals surface area contributed by atoms with Gasteiger partial charge in [0.1, 0.15) is 17.3 Å². The first kappa shape index (κ1) is 12.4. The molecule has 0 atom stereocenters. The predicted molar refractivity (Wildman–Crippen MR) is 82.3 cm³/mol. The summed E-state index contributed by atoms with van der Waals surface area (Å²) in [6.45, 7) is 6.37. The molecule has 4 heteroatoms. The van der Waals surface area contributed by atoms with Gasteiger partial charge in [-0.1, -0.05) is 18.2 Å². The van der Waals surface area contributed by atoms with E-state index in [-0.39, 0.29) is 0 Å². The summed E-state index contributed by atoms with van der Waals surface area (Å²) in [7, 11) is 0. The number of imidazole rings is 1. The van der Waals surface area contributed by atoms with Crippen molar-refractivity contribution in [3.8, 4) is 11.3 Å². The highest BCUT2D eigenvalue weighted by molar-refractivity contribution is 5.85. The lowest BCUT2D eigenvalue weighted by Gasteiger charge is -2.04. The normalized spacial score (nSPS) is 10.8. The standard InChI is InChI=1S/C16H16N4/c1-3-9-20-11(2)19-15(16(20)17)13-6-7-14-12(10-13)5-4-8-18-14/h3-8,10H,1,9,17H2,2H3. The van der Waals surface area contributed by atoms with Gasteiger partial charge in [-0.3, -0.25) is 4.98 Å². The molecule has 20 heavy (non-hydrogen) atoms. The lowest BCUT2D eigenvalue weighted by molar-refractivity contribution is 0.792. The first-order valence-electron chi connectivity index (χ1n) is 6.49. The molecule has 100 valence electrons. The molecule has 0 bridgehead atoms. The number of hydrogen-bond donors (Lipinski definition) is 1. The Morgan fingerprint density at radius 1 is 1.35 bits per heavy atom. The van der Waals surface area contributed by atoms with Crippen molar-refractivity contribution in [2.45, 2.75) is 13.5 Å². The van der Waals surface area contributed by atoms with Crippen LogP contribution in [-0.4, -0.2) is 14.5 Å². The van der Waals surface area contributed by atoms with E-state index in [9.17, 15) is 0 Å². The van der Waals surface area contributed by atoms with Crippen LogP contribution in [0, 0.1) is 6.92 Å². The minimum atomic E-state index is 0.666. The fourth-order valence-corrected chi connectivity index (χ4v) is 2.38. The van der Waals surface area contributed by atoms with Crippen molar-refractivity contribution < 1.29 is 0 Å². The lowest BCUT2D eigenvalue weighted by atomic mass is 10.1. The maximum atomic E-state index is 6.20. The average Bonchev–Trinajstić information content (AvgIpc) is 2.75. The molecular weight excluding hydrogens is 248 g/mol. The van der Waals surface area contributed by atoms with E-state index < -0.39 is 0 Å². The molecule has 2 N–H and O–H groups in total. The van der Waals surface area contributed by atoms with Gasteiger partial charge in [-0.15, -0.1) is 6.58 Å². The van der Waals surface area contributed by atoms with Crippen molar-refractivity contribution in [3.05, 3.63) is 55.0 Å². The third kappa shape index (κ3) is 1.95. The van der Waals surface area contributed by atoms with Crippen molar-refractivity contribution in [2.24, 2.45) is 0 Å². The maximum Gasteiger partial charge on any atom is 0.132 e. The molecule has 0 saturated carbocycles. The van der Waals surface area contributed by atoms with E-state index in [1.165, 1.54) is 0 Å². The molecule has 3 rings (SSSR count). The number of benzene rings is 1. The fourth-order valence-electron chi connectivity index (χ4n) is 2.38. The van der Waals surface area contributed by atoms with E-state index in [2.05, 4.69) is 22.6 Å². The molecule has 0 amide bonds. The summed E-state index contributed by atoms with van der Waals surface area (Å²) >= 11 is 0. The molecule has 3 aromatic rings. The molecule has 2 aromatic heterocycles. The molecule has 0 aliphatic carbocycles. The second-order valence-electron chi connectivity index (χ2n) is 4.70. The van der Waals surface area contributed by atoms with Crippen molar-refractivity contribution in [2.75, 3.05) is 5.73 Å². The van der Waals surface area contributed by atoms with Gasteiger partial charge in [0, 0.05) is 23.7 Å². The molecule has 1 aromatic carbocycles. The van der Waals surface area contributed by atoms with Crippen molar-refractivity contribution in [3.63, 3.8) is 0 Å². The van der Waals surface area contributed by atoms with Gasteiger partial charge in [0.05, 0.1) is 5.52 Å². The van der Waals surface area contributed by atoms with Gasteiger partial charge >= 0.3 is 0 Å². The molecule has 0 fully saturated rings. The zero-order valence-electron chi connectivity index (χ0n) is 11.4. The largest absolute Gasteiger partial charge is 0.383 e. The van der Waals surface area contributed by atoms with Gasteiger partial charge in [-0.25, -0.2) is 4.98 Å². The van der Waals surface area contributed by atoms with Crippen LogP contribution in [-0.2, 0) is 6.54 Å². The second kappa shape index (κ2) is 4.81. The Balaban J connectivity index is 2.15. The Morgan fingerprint density at radius 2 is 2.20 bits per heavy atom.